The van der Waals surface area contributed by atoms with Gasteiger partial charge < -0.3 is 16.0 Å². The zero-order chi connectivity index (χ0) is 18.4. The maximum Gasteiger partial charge on any atom is 0.237 e. The molecule has 0 bridgehead atoms. The number of nitrogens with one attached hydrogen (secondary N) is 1. The third-order valence-corrected chi connectivity index (χ3v) is 6.43. The van der Waals surface area contributed by atoms with Crippen molar-refractivity contribution in [1.82, 2.24) is 15.1 Å². The molecule has 160 valence electrons. The van der Waals surface area contributed by atoms with Gasteiger partial charge in [-0.2, -0.15) is 0 Å². The van der Waals surface area contributed by atoms with E-state index in [-0.39, 0.29) is 42.7 Å². The highest BCUT2D eigenvalue weighted by Crippen LogP contribution is 2.28. The number of carbonyl (C=O) groups is 2. The minimum atomic E-state index is -0.423. The van der Waals surface area contributed by atoms with Crippen molar-refractivity contribution in [2.75, 3.05) is 32.7 Å². The van der Waals surface area contributed by atoms with E-state index in [1.807, 2.05) is 25.7 Å². The number of carbonyl (C=O) groups excluding carboxylic acids is 2. The molecule has 1 atom stereocenters. The van der Waals surface area contributed by atoms with E-state index in [4.69, 9.17) is 5.73 Å². The first-order valence-corrected chi connectivity index (χ1v) is 10.0. The summed E-state index contributed by atoms with van der Waals surface area (Å²) >= 11 is 0. The molecule has 0 radical (unpaired) electrons. The van der Waals surface area contributed by atoms with E-state index in [9.17, 15) is 9.59 Å². The Bertz CT molecular complexity index is 452. The highest BCUT2D eigenvalue weighted by molar-refractivity contribution is 5.85. The Balaban J connectivity index is 0.00000338. The number of halogens is 2. The van der Waals surface area contributed by atoms with E-state index < -0.39 is 5.41 Å². The topological polar surface area (TPSA) is 78.7 Å². The lowest BCUT2D eigenvalue weighted by molar-refractivity contribution is -0.144. The lowest BCUT2D eigenvalue weighted by Crippen LogP contribution is -2.58. The second kappa shape index (κ2) is 12.1. The van der Waals surface area contributed by atoms with Gasteiger partial charge in [0.05, 0.1) is 11.5 Å². The quantitative estimate of drug-likeness (QED) is 0.656. The van der Waals surface area contributed by atoms with Crippen LogP contribution in [0.2, 0.25) is 0 Å². The van der Waals surface area contributed by atoms with Crippen molar-refractivity contribution >= 4 is 36.6 Å². The number of nitrogens with two attached hydrogens (primary N) is 1. The molecule has 27 heavy (non-hydrogen) atoms. The predicted molar refractivity (Wildman–Crippen MR) is 115 cm³/mol. The fourth-order valence-corrected chi connectivity index (χ4v) is 4.13. The number of amides is 2. The van der Waals surface area contributed by atoms with E-state index in [0.717, 1.165) is 38.8 Å². The number of nitrogens with zero attached hydrogens (tertiary/aromatic N) is 2. The van der Waals surface area contributed by atoms with E-state index in [0.29, 0.717) is 25.7 Å². The first-order valence-electron chi connectivity index (χ1n) is 10.0. The largest absolute Gasteiger partial charge is 0.352 e. The molecule has 0 aromatic carbocycles. The zero-order valence-electron chi connectivity index (χ0n) is 17.0. The van der Waals surface area contributed by atoms with E-state index in [1.54, 1.807) is 0 Å². The monoisotopic (exact) mass is 424 g/mol. The van der Waals surface area contributed by atoms with Crippen LogP contribution in [0.3, 0.4) is 0 Å². The molecule has 3 N–H and O–H groups in total. The molecule has 1 saturated heterocycles. The fraction of sp³-hybridized carbons (Fsp3) is 0.895. The Kier molecular flexibility index (Phi) is 11.8. The molecule has 0 spiro atoms. The van der Waals surface area contributed by atoms with Crippen molar-refractivity contribution in [1.29, 1.82) is 0 Å². The van der Waals surface area contributed by atoms with Gasteiger partial charge in [0, 0.05) is 38.8 Å². The van der Waals surface area contributed by atoms with Gasteiger partial charge in [-0.25, -0.2) is 0 Å². The Hall–Kier alpha value is -0.560. The van der Waals surface area contributed by atoms with Crippen LogP contribution in [0, 0.1) is 5.41 Å². The average molecular weight is 425 g/mol. The van der Waals surface area contributed by atoms with Crippen LogP contribution in [-0.2, 0) is 9.59 Å². The summed E-state index contributed by atoms with van der Waals surface area (Å²) in [5.74, 6) is 0.313. The summed E-state index contributed by atoms with van der Waals surface area (Å²) in [5, 5.41) is 3.18. The maximum absolute atomic E-state index is 12.9. The number of piperazine rings is 1. The molecule has 2 aliphatic rings. The minimum absolute atomic E-state index is 0. The molecule has 1 aliphatic heterocycles. The highest BCUT2D eigenvalue weighted by Gasteiger charge is 2.38. The van der Waals surface area contributed by atoms with Gasteiger partial charge in [0.25, 0.3) is 0 Å². The van der Waals surface area contributed by atoms with Crippen molar-refractivity contribution in [3.8, 4) is 0 Å². The Morgan fingerprint density at radius 1 is 1.07 bits per heavy atom. The second-order valence-electron chi connectivity index (χ2n) is 7.69. The molecule has 2 fully saturated rings. The smallest absolute Gasteiger partial charge is 0.237 e. The van der Waals surface area contributed by atoms with E-state index in [2.05, 4.69) is 10.2 Å². The molecule has 1 aliphatic carbocycles. The molecule has 2 amide bonds. The Morgan fingerprint density at radius 3 is 2.04 bits per heavy atom. The van der Waals surface area contributed by atoms with Crippen LogP contribution >= 0.6 is 24.8 Å². The molecule has 2 rings (SSSR count). The summed E-state index contributed by atoms with van der Waals surface area (Å²) in [7, 11) is 0. The van der Waals surface area contributed by atoms with Crippen LogP contribution in [0.5, 0.6) is 0 Å². The SMILES string of the molecule is CCC(CC)(CN)C(=O)N1CCN(C(C)C(=O)NC2CCCC2)CC1.Cl.Cl. The first kappa shape index (κ1) is 26.4. The normalized spacial score (nSPS) is 19.8. The lowest BCUT2D eigenvalue weighted by Gasteiger charge is -2.41. The highest BCUT2D eigenvalue weighted by atomic mass is 35.5. The summed E-state index contributed by atoms with van der Waals surface area (Å²) in [5.41, 5.74) is 5.50. The third kappa shape index (κ3) is 6.21. The van der Waals surface area contributed by atoms with Crippen molar-refractivity contribution in [2.24, 2.45) is 11.1 Å². The van der Waals surface area contributed by atoms with Gasteiger partial charge in [-0.05, 0) is 32.6 Å². The van der Waals surface area contributed by atoms with Gasteiger partial charge in [-0.3, -0.25) is 14.5 Å². The first-order chi connectivity index (χ1) is 12.0. The van der Waals surface area contributed by atoms with Gasteiger partial charge >= 0.3 is 0 Å². The van der Waals surface area contributed by atoms with Gasteiger partial charge in [0.15, 0.2) is 0 Å². The van der Waals surface area contributed by atoms with Crippen molar-refractivity contribution in [3.05, 3.63) is 0 Å². The molecule has 0 aromatic heterocycles. The molecule has 1 saturated carbocycles. The van der Waals surface area contributed by atoms with Gasteiger partial charge in [-0.1, -0.05) is 26.7 Å². The fourth-order valence-electron chi connectivity index (χ4n) is 4.13. The summed E-state index contributed by atoms with van der Waals surface area (Å²) in [6.07, 6.45) is 6.21. The van der Waals surface area contributed by atoms with Gasteiger partial charge in [0.1, 0.15) is 0 Å². The Morgan fingerprint density at radius 2 is 1.59 bits per heavy atom. The van der Waals surface area contributed by atoms with Gasteiger partial charge in [0.2, 0.25) is 11.8 Å². The van der Waals surface area contributed by atoms with Crippen LogP contribution < -0.4 is 11.1 Å². The predicted octanol–water partition coefficient (Wildman–Crippen LogP) is 2.19. The van der Waals surface area contributed by atoms with Crippen molar-refractivity contribution < 1.29 is 9.59 Å². The number of hydrogen-bond donors (Lipinski definition) is 2. The molecular formula is C19H38Cl2N4O2. The third-order valence-electron chi connectivity index (χ3n) is 6.43. The van der Waals surface area contributed by atoms with Crippen molar-refractivity contribution in [2.45, 2.75) is 71.4 Å². The zero-order valence-corrected chi connectivity index (χ0v) is 18.7. The van der Waals surface area contributed by atoms with Crippen LogP contribution in [0.1, 0.15) is 59.3 Å². The molecule has 0 aromatic rings. The Labute approximate surface area is 176 Å². The number of rotatable bonds is 7. The van der Waals surface area contributed by atoms with E-state index >= 15 is 0 Å². The molecular weight excluding hydrogens is 387 g/mol. The molecule has 6 nitrogen and oxygen atoms in total. The maximum atomic E-state index is 12.9. The average Bonchev–Trinajstić information content (AvgIpc) is 3.16. The van der Waals surface area contributed by atoms with Crippen LogP contribution in [-0.4, -0.2) is 66.4 Å². The van der Waals surface area contributed by atoms with E-state index in [1.165, 1.54) is 12.8 Å². The van der Waals surface area contributed by atoms with Crippen LogP contribution in [0.25, 0.3) is 0 Å². The molecule has 8 heteroatoms. The lowest BCUT2D eigenvalue weighted by atomic mass is 9.80. The summed E-state index contributed by atoms with van der Waals surface area (Å²) in [6.45, 7) is 9.32. The summed E-state index contributed by atoms with van der Waals surface area (Å²) in [4.78, 5) is 29.5. The minimum Gasteiger partial charge on any atom is -0.352 e. The summed E-state index contributed by atoms with van der Waals surface area (Å²) < 4.78 is 0. The summed E-state index contributed by atoms with van der Waals surface area (Å²) in [6, 6.07) is 0.228. The molecule has 1 unspecified atom stereocenters. The number of hydrogen-bond acceptors (Lipinski definition) is 4. The van der Waals surface area contributed by atoms with Crippen LogP contribution in [0.4, 0.5) is 0 Å². The standard InChI is InChI=1S/C19H36N4O2.2ClH/c1-4-19(5-2,14-20)18(25)23-12-10-22(11-13-23)15(3)17(24)21-16-8-6-7-9-16;;/h15-16H,4-14,20H2,1-3H3,(H,21,24);2*1H. The molecule has 1 heterocycles. The second-order valence-corrected chi connectivity index (χ2v) is 7.69. The van der Waals surface area contributed by atoms with Crippen LogP contribution in [0.15, 0.2) is 0 Å². The van der Waals surface area contributed by atoms with Gasteiger partial charge in [-0.15, -0.1) is 24.8 Å². The van der Waals surface area contributed by atoms with Crippen molar-refractivity contribution in [3.63, 3.8) is 0 Å².